The Morgan fingerprint density at radius 1 is 1.29 bits per heavy atom. The predicted molar refractivity (Wildman–Crippen MR) is 69.9 cm³/mol. The largest absolute Gasteiger partial charge is 0.380 e. The van der Waals surface area contributed by atoms with E-state index in [9.17, 15) is 4.79 Å². The smallest absolute Gasteiger partial charge is 0.224 e. The number of nitrogens with one attached hydrogen (secondary N) is 1. The number of anilines is 1. The Morgan fingerprint density at radius 3 is 2.53 bits per heavy atom. The highest BCUT2D eigenvalue weighted by Crippen LogP contribution is 2.21. The zero-order valence-corrected chi connectivity index (χ0v) is 11.0. The SMILES string of the molecule is COCc1ccccc1NC(=O)CC(C)(C)C. The van der Waals surface area contributed by atoms with E-state index in [2.05, 4.69) is 5.32 Å². The first kappa shape index (κ1) is 13.7. The van der Waals surface area contributed by atoms with E-state index < -0.39 is 0 Å². The second kappa shape index (κ2) is 5.82. The molecule has 3 nitrogen and oxygen atoms in total. The lowest BCUT2D eigenvalue weighted by Gasteiger charge is -2.18. The van der Waals surface area contributed by atoms with Crippen molar-refractivity contribution in [1.82, 2.24) is 0 Å². The van der Waals surface area contributed by atoms with Gasteiger partial charge in [-0.15, -0.1) is 0 Å². The van der Waals surface area contributed by atoms with Gasteiger partial charge >= 0.3 is 0 Å². The van der Waals surface area contributed by atoms with Gasteiger partial charge in [0.1, 0.15) is 0 Å². The molecule has 1 rings (SSSR count). The summed E-state index contributed by atoms with van der Waals surface area (Å²) in [7, 11) is 1.65. The summed E-state index contributed by atoms with van der Waals surface area (Å²) in [6.45, 7) is 6.65. The van der Waals surface area contributed by atoms with E-state index >= 15 is 0 Å². The second-order valence-electron chi connectivity index (χ2n) is 5.38. The van der Waals surface area contributed by atoms with Gasteiger partial charge in [0.15, 0.2) is 0 Å². The summed E-state index contributed by atoms with van der Waals surface area (Å²) < 4.78 is 5.10. The molecule has 0 aliphatic rings. The van der Waals surface area contributed by atoms with Crippen LogP contribution in [0.1, 0.15) is 32.8 Å². The van der Waals surface area contributed by atoms with Gasteiger partial charge < -0.3 is 10.1 Å². The average molecular weight is 235 g/mol. The summed E-state index contributed by atoms with van der Waals surface area (Å²) in [5.41, 5.74) is 1.83. The highest BCUT2D eigenvalue weighted by molar-refractivity contribution is 5.91. The molecule has 1 N–H and O–H groups in total. The molecule has 0 saturated heterocycles. The number of benzene rings is 1. The third-order valence-electron chi connectivity index (χ3n) is 2.28. The molecule has 1 amide bonds. The van der Waals surface area contributed by atoms with Crippen LogP contribution < -0.4 is 5.32 Å². The lowest BCUT2D eigenvalue weighted by Crippen LogP contribution is -2.20. The molecule has 0 spiro atoms. The molecule has 0 bridgehead atoms. The van der Waals surface area contributed by atoms with Gasteiger partial charge in [0, 0.05) is 24.8 Å². The topological polar surface area (TPSA) is 38.3 Å². The summed E-state index contributed by atoms with van der Waals surface area (Å²) in [6.07, 6.45) is 0.508. The van der Waals surface area contributed by atoms with Crippen molar-refractivity contribution in [2.24, 2.45) is 5.41 Å². The fourth-order valence-corrected chi connectivity index (χ4v) is 1.60. The van der Waals surface area contributed by atoms with Crippen molar-refractivity contribution in [2.45, 2.75) is 33.8 Å². The number of carbonyl (C=O) groups excluding carboxylic acids is 1. The molecule has 0 unspecified atom stereocenters. The van der Waals surface area contributed by atoms with Crippen LogP contribution in [0.3, 0.4) is 0 Å². The predicted octanol–water partition coefficient (Wildman–Crippen LogP) is 3.21. The van der Waals surface area contributed by atoms with E-state index in [0.29, 0.717) is 13.0 Å². The van der Waals surface area contributed by atoms with E-state index in [1.807, 2.05) is 45.0 Å². The molecule has 0 atom stereocenters. The van der Waals surface area contributed by atoms with Crippen molar-refractivity contribution in [3.05, 3.63) is 29.8 Å². The quantitative estimate of drug-likeness (QED) is 0.870. The number of hydrogen-bond acceptors (Lipinski definition) is 2. The molecule has 0 aliphatic heterocycles. The van der Waals surface area contributed by atoms with Crippen molar-refractivity contribution in [1.29, 1.82) is 0 Å². The van der Waals surface area contributed by atoms with Gasteiger partial charge in [0.05, 0.1) is 6.61 Å². The van der Waals surface area contributed by atoms with Crippen molar-refractivity contribution in [3.8, 4) is 0 Å². The number of hydrogen-bond donors (Lipinski definition) is 1. The normalized spacial score (nSPS) is 11.3. The molecular weight excluding hydrogens is 214 g/mol. The Hall–Kier alpha value is -1.35. The first-order valence-corrected chi connectivity index (χ1v) is 5.79. The standard InChI is InChI=1S/C14H21NO2/c1-14(2,3)9-13(16)15-12-8-6-5-7-11(12)10-17-4/h5-8H,9-10H2,1-4H3,(H,15,16). The summed E-state index contributed by atoms with van der Waals surface area (Å²) >= 11 is 0. The van der Waals surface area contributed by atoms with Crippen LogP contribution in [0.5, 0.6) is 0 Å². The minimum Gasteiger partial charge on any atom is -0.380 e. The monoisotopic (exact) mass is 235 g/mol. The Morgan fingerprint density at radius 2 is 1.94 bits per heavy atom. The molecule has 0 heterocycles. The maximum atomic E-state index is 11.8. The lowest BCUT2D eigenvalue weighted by atomic mass is 9.92. The first-order valence-electron chi connectivity index (χ1n) is 5.79. The molecular formula is C14H21NO2. The second-order valence-corrected chi connectivity index (χ2v) is 5.38. The number of methoxy groups -OCH3 is 1. The van der Waals surface area contributed by atoms with Gasteiger partial charge in [-0.2, -0.15) is 0 Å². The Bertz CT molecular complexity index is 380. The Labute approximate surface area is 103 Å². The molecule has 1 aromatic carbocycles. The molecule has 3 heteroatoms. The van der Waals surface area contributed by atoms with Crippen molar-refractivity contribution >= 4 is 11.6 Å². The third kappa shape index (κ3) is 5.00. The van der Waals surface area contributed by atoms with E-state index in [-0.39, 0.29) is 11.3 Å². The van der Waals surface area contributed by atoms with Crippen LogP contribution in [0.25, 0.3) is 0 Å². The molecule has 0 saturated carbocycles. The highest BCUT2D eigenvalue weighted by atomic mass is 16.5. The number of ether oxygens (including phenoxy) is 1. The zero-order chi connectivity index (χ0) is 12.9. The van der Waals surface area contributed by atoms with E-state index in [4.69, 9.17) is 4.74 Å². The number of carbonyl (C=O) groups is 1. The number of para-hydroxylation sites is 1. The molecule has 94 valence electrons. The third-order valence-corrected chi connectivity index (χ3v) is 2.28. The Balaban J connectivity index is 2.71. The van der Waals surface area contributed by atoms with Crippen LogP contribution in [-0.2, 0) is 16.1 Å². The van der Waals surface area contributed by atoms with E-state index in [0.717, 1.165) is 11.3 Å². The zero-order valence-electron chi connectivity index (χ0n) is 11.0. The number of amides is 1. The van der Waals surface area contributed by atoms with Gasteiger partial charge in [-0.3, -0.25) is 4.79 Å². The highest BCUT2D eigenvalue weighted by Gasteiger charge is 2.16. The summed E-state index contributed by atoms with van der Waals surface area (Å²) in [5.74, 6) is 0.0426. The van der Waals surface area contributed by atoms with Crippen molar-refractivity contribution in [3.63, 3.8) is 0 Å². The molecule has 0 aliphatic carbocycles. The molecule has 0 radical (unpaired) electrons. The lowest BCUT2D eigenvalue weighted by molar-refractivity contribution is -0.117. The van der Waals surface area contributed by atoms with Crippen LogP contribution in [0.15, 0.2) is 24.3 Å². The van der Waals surface area contributed by atoms with Crippen LogP contribution in [0.4, 0.5) is 5.69 Å². The molecule has 17 heavy (non-hydrogen) atoms. The summed E-state index contributed by atoms with van der Waals surface area (Å²) in [6, 6.07) is 7.70. The molecule has 0 fully saturated rings. The van der Waals surface area contributed by atoms with Gasteiger partial charge in [-0.25, -0.2) is 0 Å². The Kier molecular flexibility index (Phi) is 4.70. The van der Waals surface area contributed by atoms with E-state index in [1.165, 1.54) is 0 Å². The summed E-state index contributed by atoms with van der Waals surface area (Å²) in [4.78, 5) is 11.8. The average Bonchev–Trinajstić information content (AvgIpc) is 2.18. The summed E-state index contributed by atoms with van der Waals surface area (Å²) in [5, 5.41) is 2.93. The van der Waals surface area contributed by atoms with Crippen LogP contribution in [-0.4, -0.2) is 13.0 Å². The van der Waals surface area contributed by atoms with Gasteiger partial charge in [-0.05, 0) is 11.5 Å². The van der Waals surface area contributed by atoms with Crippen molar-refractivity contribution in [2.75, 3.05) is 12.4 Å². The molecule has 1 aromatic rings. The minimum absolute atomic E-state index is 0.000281. The first-order chi connectivity index (χ1) is 7.92. The van der Waals surface area contributed by atoms with Crippen LogP contribution in [0, 0.1) is 5.41 Å². The fourth-order valence-electron chi connectivity index (χ4n) is 1.60. The minimum atomic E-state index is 0.000281. The van der Waals surface area contributed by atoms with Crippen LogP contribution >= 0.6 is 0 Å². The molecule has 0 aromatic heterocycles. The van der Waals surface area contributed by atoms with E-state index in [1.54, 1.807) is 7.11 Å². The maximum Gasteiger partial charge on any atom is 0.224 e. The fraction of sp³-hybridized carbons (Fsp3) is 0.500. The van der Waals surface area contributed by atoms with Gasteiger partial charge in [0.2, 0.25) is 5.91 Å². The van der Waals surface area contributed by atoms with Crippen LogP contribution in [0.2, 0.25) is 0 Å². The number of rotatable bonds is 4. The van der Waals surface area contributed by atoms with Gasteiger partial charge in [-0.1, -0.05) is 39.0 Å². The van der Waals surface area contributed by atoms with Gasteiger partial charge in [0.25, 0.3) is 0 Å². The maximum absolute atomic E-state index is 11.8. The van der Waals surface area contributed by atoms with Crippen molar-refractivity contribution < 1.29 is 9.53 Å².